The summed E-state index contributed by atoms with van der Waals surface area (Å²) in [7, 11) is 0. The highest BCUT2D eigenvalue weighted by atomic mass is 32.2. The van der Waals surface area contributed by atoms with Gasteiger partial charge < -0.3 is 4.42 Å². The molecule has 11 heteroatoms. The molecule has 3 aromatic rings. The first-order valence-corrected chi connectivity index (χ1v) is 10.4. The fourth-order valence-electron chi connectivity index (χ4n) is 3.28. The van der Waals surface area contributed by atoms with E-state index in [-0.39, 0.29) is 22.8 Å². The van der Waals surface area contributed by atoms with Crippen molar-refractivity contribution in [1.82, 2.24) is 4.90 Å². The summed E-state index contributed by atoms with van der Waals surface area (Å²) in [4.78, 5) is 47.0. The quantitative estimate of drug-likeness (QED) is 0.271. The van der Waals surface area contributed by atoms with Crippen LogP contribution in [-0.4, -0.2) is 25.9 Å². The minimum atomic E-state index is -0.525. The molecule has 0 unspecified atom stereocenters. The Labute approximate surface area is 190 Å². The third-order valence-corrected chi connectivity index (χ3v) is 5.86. The number of carbonyl (C=O) groups is 2. The highest BCUT2D eigenvalue weighted by Gasteiger charge is 2.35. The SMILES string of the molecule is Cc1cc([N+](=O)[O-])ccc1-c1ccc(/C=C2\SC(=O)N(Cc3ccc([N+](=O)[O-])cc3)C2=O)o1. The Morgan fingerprint density at radius 3 is 2.27 bits per heavy atom. The van der Waals surface area contributed by atoms with Crippen molar-refractivity contribution in [3.63, 3.8) is 0 Å². The van der Waals surface area contributed by atoms with Crippen LogP contribution < -0.4 is 0 Å². The first-order valence-electron chi connectivity index (χ1n) is 9.57. The lowest BCUT2D eigenvalue weighted by Crippen LogP contribution is -2.27. The molecule has 2 aromatic carbocycles. The Hall–Kier alpha value is -4.25. The van der Waals surface area contributed by atoms with Crippen LogP contribution >= 0.6 is 11.8 Å². The predicted molar refractivity (Wildman–Crippen MR) is 120 cm³/mol. The van der Waals surface area contributed by atoms with Crippen LogP contribution in [0.2, 0.25) is 0 Å². The maximum atomic E-state index is 12.7. The van der Waals surface area contributed by atoms with Crippen LogP contribution in [-0.2, 0) is 11.3 Å². The average Bonchev–Trinajstić information content (AvgIpc) is 3.34. The number of rotatable bonds is 6. The molecule has 0 aliphatic carbocycles. The molecule has 166 valence electrons. The van der Waals surface area contributed by atoms with E-state index >= 15 is 0 Å². The van der Waals surface area contributed by atoms with E-state index in [0.717, 1.165) is 16.7 Å². The normalized spacial score (nSPS) is 14.8. The number of hydrogen-bond acceptors (Lipinski definition) is 8. The lowest BCUT2D eigenvalue weighted by Gasteiger charge is -2.12. The molecule has 0 bridgehead atoms. The van der Waals surface area contributed by atoms with Crippen LogP contribution in [0.25, 0.3) is 17.4 Å². The number of non-ortho nitro benzene ring substituents is 2. The number of nitro groups is 2. The van der Waals surface area contributed by atoms with Crippen molar-refractivity contribution in [3.8, 4) is 11.3 Å². The number of thioether (sulfide) groups is 1. The fourth-order valence-corrected chi connectivity index (χ4v) is 4.10. The lowest BCUT2D eigenvalue weighted by molar-refractivity contribution is -0.385. The first kappa shape index (κ1) is 22.0. The van der Waals surface area contributed by atoms with E-state index in [1.165, 1.54) is 42.5 Å². The van der Waals surface area contributed by atoms with Gasteiger partial charge in [-0.3, -0.25) is 34.7 Å². The number of hydrogen-bond donors (Lipinski definition) is 0. The van der Waals surface area contributed by atoms with Gasteiger partial charge in [0.15, 0.2) is 0 Å². The molecule has 2 heterocycles. The number of amides is 2. The van der Waals surface area contributed by atoms with Gasteiger partial charge in [-0.15, -0.1) is 0 Å². The number of carbonyl (C=O) groups excluding carboxylic acids is 2. The molecule has 1 aromatic heterocycles. The molecule has 0 radical (unpaired) electrons. The number of imide groups is 1. The largest absolute Gasteiger partial charge is 0.457 e. The van der Waals surface area contributed by atoms with Crippen molar-refractivity contribution >= 4 is 40.4 Å². The van der Waals surface area contributed by atoms with Crippen LogP contribution in [0.3, 0.4) is 0 Å². The molecule has 0 saturated carbocycles. The molecule has 0 spiro atoms. The zero-order chi connectivity index (χ0) is 23.7. The van der Waals surface area contributed by atoms with Crippen LogP contribution in [0, 0.1) is 27.2 Å². The van der Waals surface area contributed by atoms with Gasteiger partial charge >= 0.3 is 0 Å². The number of nitro benzene ring substituents is 2. The van der Waals surface area contributed by atoms with Crippen molar-refractivity contribution in [2.45, 2.75) is 13.5 Å². The van der Waals surface area contributed by atoms with Crippen LogP contribution in [0.1, 0.15) is 16.9 Å². The summed E-state index contributed by atoms with van der Waals surface area (Å²) in [5.41, 5.74) is 1.81. The van der Waals surface area contributed by atoms with Crippen LogP contribution in [0.15, 0.2) is 63.9 Å². The lowest BCUT2D eigenvalue weighted by atomic mass is 10.1. The third-order valence-electron chi connectivity index (χ3n) is 4.95. The van der Waals surface area contributed by atoms with E-state index in [4.69, 9.17) is 4.42 Å². The van der Waals surface area contributed by atoms with Crippen molar-refractivity contribution in [1.29, 1.82) is 0 Å². The van der Waals surface area contributed by atoms with Gasteiger partial charge in [0.05, 0.1) is 21.3 Å². The van der Waals surface area contributed by atoms with E-state index in [0.29, 0.717) is 28.2 Å². The minimum absolute atomic E-state index is 0.00854. The van der Waals surface area contributed by atoms with Crippen molar-refractivity contribution in [3.05, 3.63) is 96.6 Å². The molecule has 1 fully saturated rings. The second kappa shape index (κ2) is 8.71. The second-order valence-corrected chi connectivity index (χ2v) is 8.14. The first-order chi connectivity index (χ1) is 15.7. The molecule has 1 saturated heterocycles. The molecule has 0 atom stereocenters. The van der Waals surface area contributed by atoms with Crippen molar-refractivity contribution in [2.24, 2.45) is 0 Å². The van der Waals surface area contributed by atoms with E-state index in [1.54, 1.807) is 25.1 Å². The van der Waals surface area contributed by atoms with Gasteiger partial charge in [0, 0.05) is 35.9 Å². The Morgan fingerprint density at radius 1 is 0.970 bits per heavy atom. The van der Waals surface area contributed by atoms with Gasteiger partial charge in [-0.2, -0.15) is 0 Å². The van der Waals surface area contributed by atoms with Crippen LogP contribution in [0.5, 0.6) is 0 Å². The van der Waals surface area contributed by atoms with Crippen LogP contribution in [0.4, 0.5) is 16.2 Å². The van der Waals surface area contributed by atoms with Gasteiger partial charge in [-0.25, -0.2) is 0 Å². The second-order valence-electron chi connectivity index (χ2n) is 7.15. The monoisotopic (exact) mass is 465 g/mol. The maximum Gasteiger partial charge on any atom is 0.293 e. The van der Waals surface area contributed by atoms with Gasteiger partial charge in [0.1, 0.15) is 11.5 Å². The summed E-state index contributed by atoms with van der Waals surface area (Å²) in [6.45, 7) is 1.72. The van der Waals surface area contributed by atoms with Gasteiger partial charge in [0.25, 0.3) is 22.5 Å². The highest BCUT2D eigenvalue weighted by Crippen LogP contribution is 2.35. The van der Waals surface area contributed by atoms with Gasteiger partial charge in [-0.05, 0) is 48.0 Å². The standard InChI is InChI=1S/C22H15N3O7S/c1-13-10-16(25(30)31)6-8-18(13)19-9-7-17(32-19)11-20-21(26)23(22(27)33-20)12-14-2-4-15(5-3-14)24(28)29/h2-11H,12H2,1H3/b20-11-. The summed E-state index contributed by atoms with van der Waals surface area (Å²) in [6, 6.07) is 13.4. The molecule has 1 aliphatic rings. The Balaban J connectivity index is 1.52. The topological polar surface area (TPSA) is 137 Å². The molecule has 10 nitrogen and oxygen atoms in total. The molecular formula is C22H15N3O7S. The van der Waals surface area contributed by atoms with Crippen molar-refractivity contribution < 1.29 is 23.9 Å². The molecular weight excluding hydrogens is 450 g/mol. The highest BCUT2D eigenvalue weighted by molar-refractivity contribution is 8.18. The van der Waals surface area contributed by atoms with Crippen molar-refractivity contribution in [2.75, 3.05) is 0 Å². The molecule has 0 N–H and O–H groups in total. The smallest absolute Gasteiger partial charge is 0.293 e. The molecule has 2 amide bonds. The zero-order valence-corrected chi connectivity index (χ0v) is 17.9. The molecule has 4 rings (SSSR count). The molecule has 1 aliphatic heterocycles. The fraction of sp³-hybridized carbons (Fsp3) is 0.0909. The minimum Gasteiger partial charge on any atom is -0.457 e. The van der Waals surface area contributed by atoms with E-state index in [1.807, 2.05) is 0 Å². The van der Waals surface area contributed by atoms with Gasteiger partial charge in [-0.1, -0.05) is 12.1 Å². The third kappa shape index (κ3) is 4.53. The Kier molecular flexibility index (Phi) is 5.80. The average molecular weight is 465 g/mol. The van der Waals surface area contributed by atoms with E-state index in [9.17, 15) is 29.8 Å². The Bertz CT molecular complexity index is 1330. The summed E-state index contributed by atoms with van der Waals surface area (Å²) in [5, 5.41) is 21.2. The molecule has 33 heavy (non-hydrogen) atoms. The van der Waals surface area contributed by atoms with E-state index < -0.39 is 21.0 Å². The summed E-state index contributed by atoms with van der Waals surface area (Å²) >= 11 is 0.773. The number of nitrogens with zero attached hydrogens (tertiary/aromatic N) is 3. The summed E-state index contributed by atoms with van der Waals surface area (Å²) in [5.74, 6) is 0.329. The maximum absolute atomic E-state index is 12.7. The zero-order valence-electron chi connectivity index (χ0n) is 17.1. The van der Waals surface area contributed by atoms with E-state index in [2.05, 4.69) is 0 Å². The summed E-state index contributed by atoms with van der Waals surface area (Å²) in [6.07, 6.45) is 1.46. The summed E-state index contributed by atoms with van der Waals surface area (Å²) < 4.78 is 5.78. The Morgan fingerprint density at radius 2 is 1.64 bits per heavy atom. The van der Waals surface area contributed by atoms with Gasteiger partial charge in [0.2, 0.25) is 0 Å². The predicted octanol–water partition coefficient (Wildman–Crippen LogP) is 5.31. The number of furan rings is 1. The number of aryl methyl sites for hydroxylation is 1. The number of benzene rings is 2.